The molecule has 2 unspecified atom stereocenters. The first kappa shape index (κ1) is 28.6. The summed E-state index contributed by atoms with van der Waals surface area (Å²) in [5.41, 5.74) is 6.17. The molecule has 3 amide bonds. The van der Waals surface area contributed by atoms with Crippen LogP contribution in [0.4, 0.5) is 11.5 Å². The fraction of sp³-hybridized carbons (Fsp3) is 0.375. The molecule has 2 aliphatic heterocycles. The quantitative estimate of drug-likeness (QED) is 0.229. The third-order valence-electron chi connectivity index (χ3n) is 8.81. The van der Waals surface area contributed by atoms with Gasteiger partial charge in [0.25, 0.3) is 0 Å². The van der Waals surface area contributed by atoms with Crippen LogP contribution in [0.1, 0.15) is 66.1 Å². The number of nitrogens with one attached hydrogen (secondary N) is 2. The minimum atomic E-state index is -0.656. The molecule has 2 atom stereocenters. The van der Waals surface area contributed by atoms with Crippen molar-refractivity contribution in [1.29, 1.82) is 0 Å². The highest BCUT2D eigenvalue weighted by Gasteiger charge is 2.51. The van der Waals surface area contributed by atoms with Gasteiger partial charge in [-0.3, -0.25) is 14.4 Å². The maximum absolute atomic E-state index is 13.7. The second-order valence-corrected chi connectivity index (χ2v) is 13.6. The molecule has 1 aromatic heterocycles. The lowest BCUT2D eigenvalue weighted by Crippen LogP contribution is -2.50. The zero-order chi connectivity index (χ0) is 28.9. The Hall–Kier alpha value is -2.54. The van der Waals surface area contributed by atoms with E-state index >= 15 is 0 Å². The molecule has 2 N–H and O–H groups in total. The van der Waals surface area contributed by atoms with Crippen LogP contribution in [0.15, 0.2) is 54.7 Å². The minimum absolute atomic E-state index is 0.00946. The summed E-state index contributed by atoms with van der Waals surface area (Å²) in [6, 6.07) is 16.2. The summed E-state index contributed by atoms with van der Waals surface area (Å²) in [5.74, 6) is 0.399. The van der Waals surface area contributed by atoms with Crippen molar-refractivity contribution in [3.63, 3.8) is 0 Å². The number of nitrogens with zero attached hydrogens (tertiary/aromatic N) is 2. The Labute approximate surface area is 267 Å². The average Bonchev–Trinajstić information content (AvgIpc) is 3.47. The van der Waals surface area contributed by atoms with Crippen LogP contribution in [0.2, 0.25) is 0 Å². The molecule has 7 nitrogen and oxygen atoms in total. The highest BCUT2D eigenvalue weighted by Crippen LogP contribution is 2.47. The number of alkyl halides is 2. The number of aromatic nitrogens is 1. The van der Waals surface area contributed by atoms with Crippen LogP contribution in [0.25, 0.3) is 0 Å². The number of hydrogen-bond acceptors (Lipinski definition) is 4. The lowest BCUT2D eigenvalue weighted by molar-refractivity contribution is -0.150. The summed E-state index contributed by atoms with van der Waals surface area (Å²) in [6.45, 7) is 3.93. The molecule has 1 spiro atoms. The molecule has 0 radical (unpaired) electrons. The second-order valence-electron chi connectivity index (χ2n) is 12.0. The predicted molar refractivity (Wildman–Crippen MR) is 176 cm³/mol. The molecule has 0 bridgehead atoms. The summed E-state index contributed by atoms with van der Waals surface area (Å²) in [4.78, 5) is 46.3. The van der Waals surface area contributed by atoms with Gasteiger partial charge >= 0.3 is 0 Å². The van der Waals surface area contributed by atoms with Crippen molar-refractivity contribution in [2.24, 2.45) is 5.41 Å². The number of pyridine rings is 1. The van der Waals surface area contributed by atoms with Crippen molar-refractivity contribution in [3.05, 3.63) is 88.1 Å². The number of rotatable bonds is 6. The smallest absolute Gasteiger partial charge is 0.244 e. The molecule has 6 rings (SSSR count). The Bertz CT molecular complexity index is 1550. The monoisotopic (exact) mass is 774 g/mol. The Kier molecular flexibility index (Phi) is 7.63. The van der Waals surface area contributed by atoms with Gasteiger partial charge in [-0.2, -0.15) is 0 Å². The fourth-order valence-electron chi connectivity index (χ4n) is 6.66. The number of benzene rings is 2. The van der Waals surface area contributed by atoms with Gasteiger partial charge in [0, 0.05) is 31.7 Å². The van der Waals surface area contributed by atoms with Crippen LogP contribution in [0.3, 0.4) is 0 Å². The average molecular weight is 774 g/mol. The molecule has 0 saturated carbocycles. The van der Waals surface area contributed by atoms with Crippen LogP contribution in [0, 0.1) is 5.41 Å². The maximum atomic E-state index is 13.7. The summed E-state index contributed by atoms with van der Waals surface area (Å²) in [7, 11) is 0. The lowest BCUT2D eigenvalue weighted by atomic mass is 9.78. The van der Waals surface area contributed by atoms with E-state index in [9.17, 15) is 14.4 Å². The van der Waals surface area contributed by atoms with Crippen LogP contribution in [-0.2, 0) is 41.5 Å². The SMILES string of the molecule is CC1(C)CCC(c2cc(CI)cc(CI)c2)N(CC(=O)Nc2ccc3c(c2)CC2(C3)C(=O)Nc3ncccc32)C1=O. The second kappa shape index (κ2) is 10.9. The van der Waals surface area contributed by atoms with E-state index in [-0.39, 0.29) is 30.3 Å². The van der Waals surface area contributed by atoms with Gasteiger partial charge in [0.15, 0.2) is 0 Å². The number of carbonyl (C=O) groups is 3. The molecule has 1 fully saturated rings. The van der Waals surface area contributed by atoms with Gasteiger partial charge in [0.1, 0.15) is 12.4 Å². The van der Waals surface area contributed by atoms with E-state index < -0.39 is 10.8 Å². The predicted octanol–water partition coefficient (Wildman–Crippen LogP) is 6.27. The molecule has 3 heterocycles. The zero-order valence-corrected chi connectivity index (χ0v) is 27.4. The first-order valence-electron chi connectivity index (χ1n) is 13.9. The van der Waals surface area contributed by atoms with Crippen LogP contribution >= 0.6 is 45.2 Å². The highest BCUT2D eigenvalue weighted by molar-refractivity contribution is 14.1. The number of carbonyl (C=O) groups excluding carboxylic acids is 3. The van der Waals surface area contributed by atoms with Crippen molar-refractivity contribution < 1.29 is 14.4 Å². The van der Waals surface area contributed by atoms with E-state index in [0.29, 0.717) is 24.3 Å². The maximum Gasteiger partial charge on any atom is 0.244 e. The molecule has 1 aliphatic carbocycles. The van der Waals surface area contributed by atoms with E-state index in [1.54, 1.807) is 11.1 Å². The number of likely N-dealkylation sites (tertiary alicyclic amines) is 1. The van der Waals surface area contributed by atoms with Gasteiger partial charge in [-0.15, -0.1) is 0 Å². The largest absolute Gasteiger partial charge is 0.326 e. The molecule has 9 heteroatoms. The topological polar surface area (TPSA) is 91.4 Å². The fourth-order valence-corrected chi connectivity index (χ4v) is 7.54. The summed E-state index contributed by atoms with van der Waals surface area (Å²) < 4.78 is 1.79. The standard InChI is InChI=1S/C32H32I2N4O3/c1-31(2)8-7-26(22-11-19(16-33)10-20(12-22)17-34)38(30(31)41)18-27(39)36-24-6-5-21-14-32(15-23(21)13-24)25-4-3-9-35-28(25)37-29(32)40/h3-6,9-13,26H,7-8,14-18H2,1-2H3,(H,36,39)(H,35,37,40). The van der Waals surface area contributed by atoms with E-state index in [1.807, 2.05) is 44.2 Å². The first-order chi connectivity index (χ1) is 19.6. The molecule has 3 aliphatic rings. The van der Waals surface area contributed by atoms with Crippen molar-refractivity contribution in [2.45, 2.75) is 59.8 Å². The van der Waals surface area contributed by atoms with Gasteiger partial charge in [-0.1, -0.05) is 89.4 Å². The number of piperidine rings is 1. The zero-order valence-electron chi connectivity index (χ0n) is 23.1. The van der Waals surface area contributed by atoms with Gasteiger partial charge < -0.3 is 15.5 Å². The number of anilines is 2. The normalized spacial score (nSPS) is 22.4. The van der Waals surface area contributed by atoms with Gasteiger partial charge in [-0.25, -0.2) is 4.98 Å². The van der Waals surface area contributed by atoms with Crippen molar-refractivity contribution in [3.8, 4) is 0 Å². The van der Waals surface area contributed by atoms with E-state index in [2.05, 4.69) is 79.0 Å². The molecular formula is C32H32I2N4O3. The molecule has 2 aromatic carbocycles. The summed E-state index contributed by atoms with van der Waals surface area (Å²) in [6.07, 6.45) is 4.45. The van der Waals surface area contributed by atoms with Crippen molar-refractivity contribution in [1.82, 2.24) is 9.88 Å². The van der Waals surface area contributed by atoms with E-state index in [0.717, 1.165) is 44.0 Å². The lowest BCUT2D eigenvalue weighted by Gasteiger charge is -2.43. The van der Waals surface area contributed by atoms with Crippen molar-refractivity contribution in [2.75, 3.05) is 17.2 Å². The van der Waals surface area contributed by atoms with E-state index in [4.69, 9.17) is 0 Å². The third-order valence-corrected chi connectivity index (χ3v) is 10.6. The number of halogens is 2. The van der Waals surface area contributed by atoms with Crippen LogP contribution in [-0.4, -0.2) is 34.2 Å². The minimum Gasteiger partial charge on any atom is -0.326 e. The Balaban J connectivity index is 1.22. The molecule has 1 saturated heterocycles. The van der Waals surface area contributed by atoms with Gasteiger partial charge in [0.05, 0.1) is 11.5 Å². The number of hydrogen-bond donors (Lipinski definition) is 2. The van der Waals surface area contributed by atoms with E-state index in [1.165, 1.54) is 11.1 Å². The highest BCUT2D eigenvalue weighted by atomic mass is 127. The molecular weight excluding hydrogens is 742 g/mol. The molecule has 41 heavy (non-hydrogen) atoms. The van der Waals surface area contributed by atoms with Gasteiger partial charge in [-0.05, 0) is 71.7 Å². The number of fused-ring (bicyclic) bond motifs is 3. The van der Waals surface area contributed by atoms with Gasteiger partial charge in [0.2, 0.25) is 17.7 Å². The third kappa shape index (κ3) is 5.17. The van der Waals surface area contributed by atoms with Crippen LogP contribution < -0.4 is 10.6 Å². The Morgan fingerprint density at radius 3 is 2.51 bits per heavy atom. The Morgan fingerprint density at radius 2 is 1.78 bits per heavy atom. The molecule has 3 aromatic rings. The first-order valence-corrected chi connectivity index (χ1v) is 16.9. The number of amides is 3. The summed E-state index contributed by atoms with van der Waals surface area (Å²) >= 11 is 4.75. The summed E-state index contributed by atoms with van der Waals surface area (Å²) in [5, 5.41) is 5.99. The van der Waals surface area contributed by atoms with Crippen LogP contribution in [0.5, 0.6) is 0 Å². The Morgan fingerprint density at radius 1 is 1.05 bits per heavy atom. The molecule has 212 valence electrons. The van der Waals surface area contributed by atoms with Crippen molar-refractivity contribution >= 4 is 74.4 Å².